The van der Waals surface area contributed by atoms with Gasteiger partial charge in [-0.05, 0) is 0 Å². The van der Waals surface area contributed by atoms with Gasteiger partial charge in [0.25, 0.3) is 0 Å². The van der Waals surface area contributed by atoms with Gasteiger partial charge in [0.15, 0.2) is 0 Å². The minimum absolute atomic E-state index is 1.26. The number of hydrogen-bond acceptors (Lipinski definition) is 1. The first-order valence-electron chi connectivity index (χ1n) is 13.1. The molecule has 0 aliphatic carbocycles. The number of rotatable bonds is 14. The van der Waals surface area contributed by atoms with Crippen molar-refractivity contribution in [3.05, 3.63) is 91.0 Å². The molecular formula is C30H42OSiSn. The monoisotopic (exact) mass is 566 g/mol. The van der Waals surface area contributed by atoms with E-state index < -0.39 is 27.1 Å². The summed E-state index contributed by atoms with van der Waals surface area (Å²) in [6.07, 6.45) is 7.72. The van der Waals surface area contributed by atoms with E-state index in [2.05, 4.69) is 112 Å². The molecule has 3 rings (SSSR count). The van der Waals surface area contributed by atoms with Crippen LogP contribution in [0.3, 0.4) is 0 Å². The number of benzene rings is 3. The van der Waals surface area contributed by atoms with E-state index in [1.165, 1.54) is 67.4 Å². The van der Waals surface area contributed by atoms with Crippen LogP contribution in [-0.4, -0.2) is 27.1 Å². The molecule has 0 aliphatic heterocycles. The first kappa shape index (κ1) is 26.2. The van der Waals surface area contributed by atoms with Gasteiger partial charge in [-0.3, -0.25) is 0 Å². The molecule has 1 nitrogen and oxygen atoms in total. The topological polar surface area (TPSA) is 9.23 Å². The molecule has 0 aliphatic rings. The van der Waals surface area contributed by atoms with Crippen molar-refractivity contribution in [2.45, 2.75) is 72.6 Å². The fourth-order valence-corrected chi connectivity index (χ4v) is 31.2. The molecule has 176 valence electrons. The van der Waals surface area contributed by atoms with E-state index >= 15 is 0 Å². The van der Waals surface area contributed by atoms with Gasteiger partial charge in [0.2, 0.25) is 0 Å². The third-order valence-corrected chi connectivity index (χ3v) is 28.2. The van der Waals surface area contributed by atoms with E-state index in [-0.39, 0.29) is 0 Å². The van der Waals surface area contributed by atoms with Crippen LogP contribution in [0.5, 0.6) is 0 Å². The number of unbranched alkanes of at least 4 members (excludes halogenated alkanes) is 3. The molecule has 33 heavy (non-hydrogen) atoms. The SMILES string of the molecule is CCC[CH2][Sn]([CH2]CCC)([CH2]CCC)[O][Si](c1ccccc1)(c1ccccc1)c1ccccc1. The molecule has 0 amide bonds. The van der Waals surface area contributed by atoms with E-state index in [0.29, 0.717) is 0 Å². The Morgan fingerprint density at radius 2 is 0.818 bits per heavy atom. The van der Waals surface area contributed by atoms with Crippen LogP contribution in [-0.2, 0) is 2.76 Å². The molecule has 0 fully saturated rings. The normalized spacial score (nSPS) is 12.1. The summed E-state index contributed by atoms with van der Waals surface area (Å²) in [5.41, 5.74) is 0. The van der Waals surface area contributed by atoms with E-state index in [0.717, 1.165) is 0 Å². The summed E-state index contributed by atoms with van der Waals surface area (Å²) < 4.78 is 12.1. The predicted molar refractivity (Wildman–Crippen MR) is 150 cm³/mol. The van der Waals surface area contributed by atoms with E-state index in [1.54, 1.807) is 0 Å². The minimum atomic E-state index is -2.95. The summed E-state index contributed by atoms with van der Waals surface area (Å²) in [6.45, 7) is 7.02. The van der Waals surface area contributed by atoms with Crippen LogP contribution in [0.2, 0.25) is 13.3 Å². The van der Waals surface area contributed by atoms with Crippen LogP contribution in [0.4, 0.5) is 0 Å². The predicted octanol–water partition coefficient (Wildman–Crippen LogP) is 7.02. The zero-order valence-corrected chi connectivity index (χ0v) is 24.8. The van der Waals surface area contributed by atoms with Gasteiger partial charge in [-0.2, -0.15) is 0 Å². The van der Waals surface area contributed by atoms with E-state index in [9.17, 15) is 0 Å². The molecule has 0 aromatic heterocycles. The van der Waals surface area contributed by atoms with Crippen molar-refractivity contribution in [1.82, 2.24) is 0 Å². The fraction of sp³-hybridized carbons (Fsp3) is 0.400. The molecule has 3 aromatic carbocycles. The fourth-order valence-electron chi connectivity index (χ4n) is 5.05. The van der Waals surface area contributed by atoms with Crippen molar-refractivity contribution in [3.8, 4) is 0 Å². The van der Waals surface area contributed by atoms with Crippen molar-refractivity contribution in [1.29, 1.82) is 0 Å². The Kier molecular flexibility index (Phi) is 10.7. The van der Waals surface area contributed by atoms with Gasteiger partial charge in [0.1, 0.15) is 0 Å². The van der Waals surface area contributed by atoms with Crippen LogP contribution in [0.1, 0.15) is 59.3 Å². The van der Waals surface area contributed by atoms with Crippen LogP contribution in [0.25, 0.3) is 0 Å². The van der Waals surface area contributed by atoms with Gasteiger partial charge in [-0.1, -0.05) is 0 Å². The van der Waals surface area contributed by atoms with Gasteiger partial charge in [-0.15, -0.1) is 0 Å². The molecule has 0 saturated carbocycles. The van der Waals surface area contributed by atoms with E-state index in [1.807, 2.05) is 0 Å². The molecular weight excluding hydrogens is 523 g/mol. The summed E-state index contributed by atoms with van der Waals surface area (Å²) in [5.74, 6) is 0. The Labute approximate surface area is 208 Å². The Morgan fingerprint density at radius 1 is 0.515 bits per heavy atom. The average Bonchev–Trinajstić information content (AvgIpc) is 2.89. The number of hydrogen-bond donors (Lipinski definition) is 0. The van der Waals surface area contributed by atoms with Gasteiger partial charge >= 0.3 is 209 Å². The van der Waals surface area contributed by atoms with Crippen LogP contribution >= 0.6 is 0 Å². The average molecular weight is 565 g/mol. The Morgan fingerprint density at radius 3 is 1.09 bits per heavy atom. The van der Waals surface area contributed by atoms with Gasteiger partial charge in [0.05, 0.1) is 0 Å². The second-order valence-electron chi connectivity index (χ2n) is 9.37. The zero-order valence-electron chi connectivity index (χ0n) is 20.9. The third kappa shape index (κ3) is 6.61. The van der Waals surface area contributed by atoms with Gasteiger partial charge < -0.3 is 0 Å². The quantitative estimate of drug-likeness (QED) is 0.151. The molecule has 0 unspecified atom stereocenters. The van der Waals surface area contributed by atoms with Gasteiger partial charge in [0, 0.05) is 0 Å². The van der Waals surface area contributed by atoms with Gasteiger partial charge in [-0.25, -0.2) is 0 Å². The Bertz CT molecular complexity index is 795. The second kappa shape index (κ2) is 13.5. The maximum atomic E-state index is 8.04. The maximum absolute atomic E-state index is 8.04. The van der Waals surface area contributed by atoms with E-state index in [4.69, 9.17) is 2.76 Å². The van der Waals surface area contributed by atoms with Crippen molar-refractivity contribution in [2.24, 2.45) is 0 Å². The molecule has 0 heterocycles. The zero-order chi connectivity index (χ0) is 23.4. The Balaban J connectivity index is 2.26. The first-order valence-corrected chi connectivity index (χ1v) is 22.2. The van der Waals surface area contributed by atoms with Crippen LogP contribution in [0.15, 0.2) is 91.0 Å². The van der Waals surface area contributed by atoms with Crippen molar-refractivity contribution < 1.29 is 2.76 Å². The van der Waals surface area contributed by atoms with Crippen molar-refractivity contribution in [3.63, 3.8) is 0 Å². The first-order chi connectivity index (χ1) is 16.2. The molecule has 3 heteroatoms. The molecule has 0 atom stereocenters. The second-order valence-corrected chi connectivity index (χ2v) is 25.5. The third-order valence-electron chi connectivity index (χ3n) is 6.87. The molecule has 3 aromatic rings. The molecule has 0 saturated heterocycles. The van der Waals surface area contributed by atoms with Crippen molar-refractivity contribution >= 4 is 42.7 Å². The summed E-state index contributed by atoms with van der Waals surface area (Å²) in [5, 5.41) is 4.19. The van der Waals surface area contributed by atoms with Crippen molar-refractivity contribution in [2.75, 3.05) is 0 Å². The molecule has 0 bridgehead atoms. The summed E-state index contributed by atoms with van der Waals surface area (Å²) in [4.78, 5) is 0. The summed E-state index contributed by atoms with van der Waals surface area (Å²) in [6, 6.07) is 33.6. The van der Waals surface area contributed by atoms with Crippen LogP contribution < -0.4 is 15.6 Å². The van der Waals surface area contributed by atoms with Crippen LogP contribution in [0, 0.1) is 0 Å². The standard InChI is InChI=1S/C18H15OSi.3C4H9.Sn/c19-20(16-10-4-1-5-11-16,17-12-6-2-7-13-17)18-14-8-3-9-15-18;3*1-3-4-2;/h1-15H;3*1,3-4H2,2H3;/q-1;;;;+1. The molecule has 0 spiro atoms. The Hall–Kier alpha value is -1.36. The molecule has 0 radical (unpaired) electrons. The summed E-state index contributed by atoms with van der Waals surface area (Å²) >= 11 is -2.95. The summed E-state index contributed by atoms with van der Waals surface area (Å²) in [7, 11) is -2.62. The molecule has 0 N–H and O–H groups in total.